The minimum absolute atomic E-state index is 0.0202. The zero-order chi connectivity index (χ0) is 24.2. The molecule has 0 fully saturated rings. The Morgan fingerprint density at radius 3 is 2.21 bits per heavy atom. The van der Waals surface area contributed by atoms with Crippen molar-refractivity contribution < 1.29 is 19.1 Å². The van der Waals surface area contributed by atoms with E-state index in [1.165, 1.54) is 19.1 Å². The monoisotopic (exact) mass is 471 g/mol. The maximum absolute atomic E-state index is 13.1. The van der Waals surface area contributed by atoms with Crippen molar-refractivity contribution in [3.05, 3.63) is 99.7 Å². The van der Waals surface area contributed by atoms with E-state index >= 15 is 0 Å². The number of nitrogens with two attached hydrogens (primary N) is 1. The molecule has 1 aliphatic rings. The Hall–Kier alpha value is -4.35. The third kappa shape index (κ3) is 3.93. The van der Waals surface area contributed by atoms with Gasteiger partial charge in [0.1, 0.15) is 11.5 Å². The van der Waals surface area contributed by atoms with Crippen LogP contribution in [0.5, 0.6) is 0 Å². The molecule has 2 heterocycles. The summed E-state index contributed by atoms with van der Waals surface area (Å²) >= 11 is 1.59. The van der Waals surface area contributed by atoms with E-state index in [1.54, 1.807) is 47.7 Å². The van der Waals surface area contributed by atoms with E-state index < -0.39 is 17.9 Å². The summed E-state index contributed by atoms with van der Waals surface area (Å²) in [5.41, 5.74) is 9.67. The second-order valence-corrected chi connectivity index (χ2v) is 8.17. The summed E-state index contributed by atoms with van der Waals surface area (Å²) in [4.78, 5) is 27.5. The number of carbonyl (C=O) groups is 2. The lowest BCUT2D eigenvalue weighted by molar-refractivity contribution is -0.139. The van der Waals surface area contributed by atoms with Crippen LogP contribution in [0.25, 0.3) is 11.1 Å². The van der Waals surface area contributed by atoms with Crippen molar-refractivity contribution in [1.82, 2.24) is 0 Å². The molecule has 1 atom stereocenters. The van der Waals surface area contributed by atoms with Gasteiger partial charge in [0.2, 0.25) is 0 Å². The molecule has 0 bridgehead atoms. The van der Waals surface area contributed by atoms with Crippen LogP contribution in [0.3, 0.4) is 0 Å². The Bertz CT molecular complexity index is 1320. The molecule has 2 N–H and O–H groups in total. The summed E-state index contributed by atoms with van der Waals surface area (Å²) in [7, 11) is 2.44. The number of carbonyl (C=O) groups excluding carboxylic acids is 2. The highest BCUT2D eigenvalue weighted by Crippen LogP contribution is 2.43. The fourth-order valence-electron chi connectivity index (χ4n) is 4.01. The van der Waals surface area contributed by atoms with Crippen LogP contribution in [0, 0.1) is 11.3 Å². The third-order valence-electron chi connectivity index (χ3n) is 5.59. The molecule has 34 heavy (non-hydrogen) atoms. The summed E-state index contributed by atoms with van der Waals surface area (Å²) in [6, 6.07) is 20.4. The van der Waals surface area contributed by atoms with Crippen LogP contribution in [-0.4, -0.2) is 26.2 Å². The summed E-state index contributed by atoms with van der Waals surface area (Å²) in [5, 5.41) is 14.1. The number of hydrogen-bond acceptors (Lipinski definition) is 8. The Balaban J connectivity index is 1.96. The van der Waals surface area contributed by atoms with Gasteiger partial charge in [0.25, 0.3) is 0 Å². The summed E-state index contributed by atoms with van der Waals surface area (Å²) in [5.74, 6) is -2.39. The van der Waals surface area contributed by atoms with Gasteiger partial charge in [-0.1, -0.05) is 42.5 Å². The van der Waals surface area contributed by atoms with Crippen LogP contribution in [0.2, 0.25) is 0 Å². The third-order valence-corrected chi connectivity index (χ3v) is 6.27. The highest BCUT2D eigenvalue weighted by molar-refractivity contribution is 7.08. The molecule has 0 spiro atoms. The molecule has 1 unspecified atom stereocenters. The molecule has 0 saturated heterocycles. The van der Waals surface area contributed by atoms with Gasteiger partial charge in [-0.2, -0.15) is 16.6 Å². The molecule has 8 heteroatoms. The van der Waals surface area contributed by atoms with Crippen molar-refractivity contribution in [1.29, 1.82) is 5.26 Å². The Labute approximate surface area is 200 Å². The molecular weight excluding hydrogens is 450 g/mol. The topological polar surface area (TPSA) is 106 Å². The number of thiophene rings is 1. The number of esters is 2. The number of anilines is 1. The second kappa shape index (κ2) is 9.65. The number of allylic oxidation sites excluding steroid dienone is 1. The standard InChI is InChI=1S/C26H21N3O4S/c1-32-25(30)22-21(17-6-4-3-5-7-17)20(14-27)24(28)29(23(22)26(31)33-2)19-10-8-16(9-11-19)18-12-13-34-15-18/h3-13,15,21H,28H2,1-2H3. The Morgan fingerprint density at radius 2 is 1.65 bits per heavy atom. The molecule has 170 valence electrons. The van der Waals surface area contributed by atoms with E-state index in [9.17, 15) is 14.9 Å². The number of ether oxygens (including phenoxy) is 2. The number of hydrogen-bond donors (Lipinski definition) is 1. The zero-order valence-corrected chi connectivity index (χ0v) is 19.3. The fraction of sp³-hybridized carbons (Fsp3) is 0.115. The minimum Gasteiger partial charge on any atom is -0.466 e. The molecule has 1 aliphatic heterocycles. The Morgan fingerprint density at radius 1 is 0.971 bits per heavy atom. The first-order valence-electron chi connectivity index (χ1n) is 10.3. The number of rotatable bonds is 5. The highest BCUT2D eigenvalue weighted by atomic mass is 32.1. The lowest BCUT2D eigenvalue weighted by Crippen LogP contribution is -2.40. The average molecular weight is 472 g/mol. The fourth-order valence-corrected chi connectivity index (χ4v) is 4.68. The summed E-state index contributed by atoms with van der Waals surface area (Å²) in [6.45, 7) is 0. The first-order chi connectivity index (χ1) is 16.5. The van der Waals surface area contributed by atoms with Crippen LogP contribution < -0.4 is 10.6 Å². The van der Waals surface area contributed by atoms with E-state index in [4.69, 9.17) is 15.2 Å². The van der Waals surface area contributed by atoms with Crippen LogP contribution in [0.15, 0.2) is 94.1 Å². The first-order valence-corrected chi connectivity index (χ1v) is 11.2. The number of benzene rings is 2. The largest absolute Gasteiger partial charge is 0.466 e. The average Bonchev–Trinajstić information content (AvgIpc) is 3.42. The summed E-state index contributed by atoms with van der Waals surface area (Å²) < 4.78 is 10.1. The van der Waals surface area contributed by atoms with Gasteiger partial charge >= 0.3 is 11.9 Å². The van der Waals surface area contributed by atoms with Gasteiger partial charge in [-0.3, -0.25) is 4.90 Å². The van der Waals surface area contributed by atoms with Crippen LogP contribution >= 0.6 is 11.3 Å². The van der Waals surface area contributed by atoms with Crippen molar-refractivity contribution >= 4 is 29.0 Å². The lowest BCUT2D eigenvalue weighted by atomic mass is 9.81. The molecule has 7 nitrogen and oxygen atoms in total. The van der Waals surface area contributed by atoms with Gasteiger partial charge in [0, 0.05) is 5.69 Å². The van der Waals surface area contributed by atoms with Gasteiger partial charge in [0.05, 0.1) is 37.4 Å². The maximum atomic E-state index is 13.1. The molecule has 4 rings (SSSR count). The van der Waals surface area contributed by atoms with Crippen molar-refractivity contribution in [2.45, 2.75) is 5.92 Å². The van der Waals surface area contributed by atoms with Gasteiger partial charge < -0.3 is 15.2 Å². The second-order valence-electron chi connectivity index (χ2n) is 7.39. The van der Waals surface area contributed by atoms with Crippen molar-refractivity contribution in [2.24, 2.45) is 5.73 Å². The molecule has 1 aromatic heterocycles. The smallest absolute Gasteiger partial charge is 0.355 e. The zero-order valence-electron chi connectivity index (χ0n) is 18.5. The minimum atomic E-state index is -0.894. The maximum Gasteiger partial charge on any atom is 0.355 e. The molecule has 0 aliphatic carbocycles. The number of nitrogens with zero attached hydrogens (tertiary/aromatic N) is 2. The normalized spacial score (nSPS) is 15.7. The number of nitriles is 1. The van der Waals surface area contributed by atoms with Gasteiger partial charge in [0.15, 0.2) is 0 Å². The van der Waals surface area contributed by atoms with Gasteiger partial charge in [-0.15, -0.1) is 0 Å². The molecular formula is C26H21N3O4S. The molecule has 3 aromatic rings. The van der Waals surface area contributed by atoms with E-state index in [0.717, 1.165) is 11.1 Å². The predicted molar refractivity (Wildman–Crippen MR) is 129 cm³/mol. The highest BCUT2D eigenvalue weighted by Gasteiger charge is 2.42. The SMILES string of the molecule is COC(=O)C1=C(C(=O)OC)N(c2ccc(-c3ccsc3)cc2)C(N)=C(C#N)C1c1ccccc1. The van der Waals surface area contributed by atoms with Crippen LogP contribution in [0.1, 0.15) is 11.5 Å². The van der Waals surface area contributed by atoms with E-state index in [-0.39, 0.29) is 22.7 Å². The van der Waals surface area contributed by atoms with Gasteiger partial charge in [-0.05, 0) is 45.6 Å². The van der Waals surface area contributed by atoms with Gasteiger partial charge in [-0.25, -0.2) is 9.59 Å². The molecule has 2 aromatic carbocycles. The van der Waals surface area contributed by atoms with Crippen LogP contribution in [0.4, 0.5) is 5.69 Å². The predicted octanol–water partition coefficient (Wildman–Crippen LogP) is 4.31. The number of methoxy groups -OCH3 is 2. The lowest BCUT2D eigenvalue weighted by Gasteiger charge is -2.35. The van der Waals surface area contributed by atoms with Crippen LogP contribution in [-0.2, 0) is 19.1 Å². The van der Waals surface area contributed by atoms with E-state index in [0.29, 0.717) is 11.3 Å². The van der Waals surface area contributed by atoms with Crippen molar-refractivity contribution in [2.75, 3.05) is 19.1 Å². The molecule has 0 amide bonds. The van der Waals surface area contributed by atoms with E-state index in [2.05, 4.69) is 6.07 Å². The molecule has 0 radical (unpaired) electrons. The summed E-state index contributed by atoms with van der Waals surface area (Å²) in [6.07, 6.45) is 0. The quantitative estimate of drug-likeness (QED) is 0.553. The van der Waals surface area contributed by atoms with Crippen molar-refractivity contribution in [3.8, 4) is 17.2 Å². The first kappa shape index (κ1) is 22.8. The molecule has 0 saturated carbocycles. The Kier molecular flexibility index (Phi) is 6.48. The van der Waals surface area contributed by atoms with E-state index in [1.807, 2.05) is 35.0 Å². The van der Waals surface area contributed by atoms with Crippen molar-refractivity contribution in [3.63, 3.8) is 0 Å².